The van der Waals surface area contributed by atoms with Crippen molar-refractivity contribution in [3.8, 4) is 11.8 Å². The first kappa shape index (κ1) is 35.0. The van der Waals surface area contributed by atoms with Crippen LogP contribution in [0.4, 0.5) is 0 Å². The number of hydrogen-bond acceptors (Lipinski definition) is 9. The Morgan fingerprint density at radius 3 is 2.32 bits per heavy atom. The van der Waals surface area contributed by atoms with Crippen molar-refractivity contribution in [1.29, 1.82) is 0 Å². The van der Waals surface area contributed by atoms with E-state index in [-0.39, 0.29) is 24.4 Å². The molecular weight excluding hydrogens is 596 g/mol. The third-order valence-corrected chi connectivity index (χ3v) is 6.98. The fourth-order valence-electron chi connectivity index (χ4n) is 4.29. The minimum atomic E-state index is -0.959. The van der Waals surface area contributed by atoms with Crippen LogP contribution < -0.4 is 21.9 Å². The van der Waals surface area contributed by atoms with Crippen LogP contribution in [0.15, 0.2) is 40.1 Å². The number of aromatic nitrogens is 2. The second-order valence-electron chi connectivity index (χ2n) is 9.97. The van der Waals surface area contributed by atoms with Crippen LogP contribution in [-0.2, 0) is 14.2 Å². The van der Waals surface area contributed by atoms with Crippen molar-refractivity contribution in [1.82, 2.24) is 20.2 Å². The van der Waals surface area contributed by atoms with Gasteiger partial charge in [-0.2, -0.15) is 0 Å². The zero-order chi connectivity index (χ0) is 31.7. The SMILES string of the molecule is O=C(NCC#Cc1cn([C@H]2CC(O)[C@@H](CO)O2)c(=O)[nH]c1=O)c1ccc(C(=O)NCCOCCOCCCCCCCl)cc1. The number of alkyl halides is 1. The molecule has 2 heterocycles. The number of ether oxygens (including phenoxy) is 3. The maximum Gasteiger partial charge on any atom is 0.330 e. The molecule has 2 amide bonds. The zero-order valence-electron chi connectivity index (χ0n) is 24.4. The number of aromatic amines is 1. The Kier molecular flexibility index (Phi) is 15.1. The fourth-order valence-corrected chi connectivity index (χ4v) is 4.48. The second-order valence-corrected chi connectivity index (χ2v) is 10.3. The number of carbonyl (C=O) groups is 2. The van der Waals surface area contributed by atoms with Gasteiger partial charge in [-0.15, -0.1) is 11.6 Å². The van der Waals surface area contributed by atoms with Gasteiger partial charge in [-0.3, -0.25) is 23.9 Å². The summed E-state index contributed by atoms with van der Waals surface area (Å²) < 4.78 is 17.5. The van der Waals surface area contributed by atoms with E-state index in [1.165, 1.54) is 30.5 Å². The molecule has 240 valence electrons. The smallest absolute Gasteiger partial charge is 0.330 e. The van der Waals surface area contributed by atoms with Gasteiger partial charge in [-0.1, -0.05) is 24.7 Å². The molecule has 0 saturated carbocycles. The molecule has 0 spiro atoms. The number of halogens is 1. The topological polar surface area (TPSA) is 181 Å². The standard InChI is InChI=1S/C30H39ClN4O9/c31-11-3-1-2-4-14-42-16-17-43-15-13-33-28(39)22-9-7-21(8-10-22)27(38)32-12-5-6-23-19-35(30(41)34-29(23)40)26-18-24(37)25(20-36)44-26/h7-10,19,24-26,36-37H,1-4,11-18,20H2,(H,32,38)(H,33,39)(H,34,40,41)/t24?,25-,26-/m1/s1. The molecule has 1 aromatic carbocycles. The van der Waals surface area contributed by atoms with Gasteiger partial charge < -0.3 is 35.1 Å². The predicted molar refractivity (Wildman–Crippen MR) is 162 cm³/mol. The third kappa shape index (κ3) is 11.2. The van der Waals surface area contributed by atoms with Gasteiger partial charge in [0.05, 0.1) is 39.1 Å². The van der Waals surface area contributed by atoms with Crippen molar-refractivity contribution in [3.05, 3.63) is 68.0 Å². The number of benzene rings is 1. The van der Waals surface area contributed by atoms with E-state index < -0.39 is 42.2 Å². The average Bonchev–Trinajstić information content (AvgIpc) is 3.40. The molecule has 1 aliphatic rings. The molecule has 3 atom stereocenters. The van der Waals surface area contributed by atoms with Crippen molar-refractivity contribution in [2.24, 2.45) is 0 Å². The molecule has 0 radical (unpaired) electrons. The molecule has 44 heavy (non-hydrogen) atoms. The highest BCUT2D eigenvalue weighted by Crippen LogP contribution is 2.27. The molecule has 5 N–H and O–H groups in total. The summed E-state index contributed by atoms with van der Waals surface area (Å²) in [5.74, 6) is 5.24. The molecule has 0 aliphatic carbocycles. The van der Waals surface area contributed by atoms with Crippen LogP contribution in [-0.4, -0.2) is 95.8 Å². The van der Waals surface area contributed by atoms with Gasteiger partial charge >= 0.3 is 5.69 Å². The van der Waals surface area contributed by atoms with Crippen LogP contribution in [0.25, 0.3) is 0 Å². The Labute approximate surface area is 259 Å². The fraction of sp³-hybridized carbons (Fsp3) is 0.533. The predicted octanol–water partition coefficient (Wildman–Crippen LogP) is 0.521. The number of aliphatic hydroxyl groups is 2. The third-order valence-electron chi connectivity index (χ3n) is 6.71. The van der Waals surface area contributed by atoms with Gasteiger partial charge in [0.2, 0.25) is 0 Å². The van der Waals surface area contributed by atoms with Crippen LogP contribution in [0.1, 0.15) is 64.6 Å². The van der Waals surface area contributed by atoms with Gasteiger partial charge in [0.15, 0.2) is 0 Å². The first-order valence-electron chi connectivity index (χ1n) is 14.5. The van der Waals surface area contributed by atoms with Crippen molar-refractivity contribution < 1.29 is 34.0 Å². The molecule has 1 aliphatic heterocycles. The normalized spacial score (nSPS) is 17.6. The minimum Gasteiger partial charge on any atom is -0.394 e. The number of H-pyrrole nitrogens is 1. The maximum atomic E-state index is 12.5. The van der Waals surface area contributed by atoms with E-state index in [2.05, 4.69) is 27.5 Å². The Morgan fingerprint density at radius 2 is 1.66 bits per heavy atom. The number of nitrogens with one attached hydrogen (secondary N) is 3. The Morgan fingerprint density at radius 1 is 1.00 bits per heavy atom. The lowest BCUT2D eigenvalue weighted by Gasteiger charge is -2.14. The number of carbonyl (C=O) groups excluding carboxylic acids is 2. The van der Waals surface area contributed by atoms with E-state index in [1.54, 1.807) is 0 Å². The van der Waals surface area contributed by atoms with Crippen LogP contribution in [0.3, 0.4) is 0 Å². The van der Waals surface area contributed by atoms with Gasteiger partial charge in [0, 0.05) is 42.8 Å². The van der Waals surface area contributed by atoms with Crippen molar-refractivity contribution in [2.45, 2.75) is 50.5 Å². The summed E-state index contributed by atoms with van der Waals surface area (Å²) in [6.45, 7) is 1.81. The Bertz CT molecular complexity index is 1380. The first-order valence-corrected chi connectivity index (χ1v) is 15.0. The Balaban J connectivity index is 1.37. The molecule has 14 heteroatoms. The van der Waals surface area contributed by atoms with Gasteiger partial charge in [-0.05, 0) is 37.1 Å². The highest BCUT2D eigenvalue weighted by molar-refractivity contribution is 6.17. The van der Waals surface area contributed by atoms with E-state index in [9.17, 15) is 29.4 Å². The van der Waals surface area contributed by atoms with Crippen LogP contribution in [0, 0.1) is 11.8 Å². The summed E-state index contributed by atoms with van der Waals surface area (Å²) in [5.41, 5.74) is -0.791. The number of unbranched alkanes of at least 4 members (excludes halogenated alkanes) is 3. The summed E-state index contributed by atoms with van der Waals surface area (Å²) in [6.07, 6.45) is 2.84. The summed E-state index contributed by atoms with van der Waals surface area (Å²) in [4.78, 5) is 51.4. The van der Waals surface area contributed by atoms with Crippen LogP contribution >= 0.6 is 11.6 Å². The van der Waals surface area contributed by atoms with Gasteiger partial charge in [0.25, 0.3) is 17.4 Å². The van der Waals surface area contributed by atoms with Crippen molar-refractivity contribution in [3.63, 3.8) is 0 Å². The van der Waals surface area contributed by atoms with Crippen molar-refractivity contribution in [2.75, 3.05) is 52.0 Å². The molecule has 13 nitrogen and oxygen atoms in total. The van der Waals surface area contributed by atoms with E-state index in [0.717, 1.165) is 30.3 Å². The number of rotatable bonds is 17. The first-order chi connectivity index (χ1) is 21.3. The lowest BCUT2D eigenvalue weighted by atomic mass is 10.1. The minimum absolute atomic E-state index is 0.0389. The molecule has 2 aromatic rings. The van der Waals surface area contributed by atoms with Gasteiger partial charge in [0.1, 0.15) is 17.9 Å². The molecule has 1 unspecified atom stereocenters. The Hall–Kier alpha value is -3.51. The maximum absolute atomic E-state index is 12.5. The molecule has 3 rings (SSSR count). The summed E-state index contributed by atoms with van der Waals surface area (Å²) in [7, 11) is 0. The quantitative estimate of drug-likeness (QED) is 0.0941. The second kappa shape index (κ2) is 19.0. The lowest BCUT2D eigenvalue weighted by molar-refractivity contribution is -0.0459. The summed E-state index contributed by atoms with van der Waals surface area (Å²) in [6, 6.07) is 6.09. The highest BCUT2D eigenvalue weighted by atomic mass is 35.5. The van der Waals surface area contributed by atoms with E-state index in [1.807, 2.05) is 0 Å². The highest BCUT2D eigenvalue weighted by Gasteiger charge is 2.35. The number of aliphatic hydroxyl groups excluding tert-OH is 2. The van der Waals surface area contributed by atoms with Crippen LogP contribution in [0.2, 0.25) is 0 Å². The molecule has 1 fully saturated rings. The molecular formula is C30H39ClN4O9. The average molecular weight is 635 g/mol. The summed E-state index contributed by atoms with van der Waals surface area (Å²) in [5, 5.41) is 24.5. The zero-order valence-corrected chi connectivity index (χ0v) is 25.1. The monoisotopic (exact) mass is 634 g/mol. The largest absolute Gasteiger partial charge is 0.394 e. The molecule has 0 bridgehead atoms. The van der Waals surface area contributed by atoms with Gasteiger partial charge in [-0.25, -0.2) is 4.79 Å². The number of nitrogens with zero attached hydrogens (tertiary/aromatic N) is 1. The molecule has 1 aromatic heterocycles. The molecule has 1 saturated heterocycles. The van der Waals surface area contributed by atoms with E-state index in [0.29, 0.717) is 50.0 Å². The number of hydrogen-bond donors (Lipinski definition) is 5. The summed E-state index contributed by atoms with van der Waals surface area (Å²) >= 11 is 5.64. The van der Waals surface area contributed by atoms with E-state index in [4.69, 9.17) is 25.8 Å². The van der Waals surface area contributed by atoms with Crippen LogP contribution in [0.5, 0.6) is 0 Å². The lowest BCUT2D eigenvalue weighted by Crippen LogP contribution is -2.33. The van der Waals surface area contributed by atoms with Crippen molar-refractivity contribution >= 4 is 23.4 Å². The number of amides is 2. The van der Waals surface area contributed by atoms with E-state index >= 15 is 0 Å².